The molecular formula is C15H14F2N4O3S. The van der Waals surface area contributed by atoms with Crippen molar-refractivity contribution in [3.63, 3.8) is 0 Å². The fourth-order valence-corrected chi connectivity index (χ4v) is 4.17. The summed E-state index contributed by atoms with van der Waals surface area (Å²) >= 11 is 0. The molecule has 1 aromatic heterocycles. The van der Waals surface area contributed by atoms with Crippen LogP contribution in [0.5, 0.6) is 0 Å². The van der Waals surface area contributed by atoms with Gasteiger partial charge in [-0.15, -0.1) is 0 Å². The average molecular weight is 368 g/mol. The van der Waals surface area contributed by atoms with Crippen molar-refractivity contribution in [3.05, 3.63) is 47.3 Å². The second-order valence-corrected chi connectivity index (χ2v) is 7.43. The first-order valence-corrected chi connectivity index (χ1v) is 8.76. The molecule has 1 aromatic carbocycles. The van der Waals surface area contributed by atoms with Crippen molar-refractivity contribution in [1.29, 1.82) is 5.26 Å². The van der Waals surface area contributed by atoms with Gasteiger partial charge in [-0.1, -0.05) is 0 Å². The molecule has 1 aliphatic rings. The van der Waals surface area contributed by atoms with E-state index in [4.69, 9.17) is 10.00 Å². The van der Waals surface area contributed by atoms with Crippen LogP contribution >= 0.6 is 0 Å². The number of hydrogen-bond acceptors (Lipinski definition) is 5. The molecule has 1 fully saturated rings. The van der Waals surface area contributed by atoms with Gasteiger partial charge in [0.1, 0.15) is 11.6 Å². The molecule has 0 saturated carbocycles. The molecule has 2 aromatic rings. The Hall–Kier alpha value is -2.35. The van der Waals surface area contributed by atoms with Crippen LogP contribution in [0, 0.1) is 23.0 Å². The summed E-state index contributed by atoms with van der Waals surface area (Å²) in [6.45, 7) is -0.0385. The number of hydrogen-bond donors (Lipinski definition) is 0. The predicted octanol–water partition coefficient (Wildman–Crippen LogP) is 1.33. The van der Waals surface area contributed by atoms with Gasteiger partial charge in [-0.25, -0.2) is 17.2 Å². The third-order valence-corrected chi connectivity index (χ3v) is 5.77. The van der Waals surface area contributed by atoms with Crippen LogP contribution in [0.15, 0.2) is 29.4 Å². The molecule has 25 heavy (non-hydrogen) atoms. The second-order valence-electron chi connectivity index (χ2n) is 5.55. The first-order chi connectivity index (χ1) is 11.8. The number of sulfonamides is 1. The van der Waals surface area contributed by atoms with Crippen molar-refractivity contribution in [3.8, 4) is 6.07 Å². The second kappa shape index (κ2) is 6.51. The van der Waals surface area contributed by atoms with Gasteiger partial charge in [0.2, 0.25) is 10.0 Å². The van der Waals surface area contributed by atoms with Crippen molar-refractivity contribution < 1.29 is 21.9 Å². The quantitative estimate of drug-likeness (QED) is 0.816. The molecule has 2 heterocycles. The van der Waals surface area contributed by atoms with Crippen molar-refractivity contribution in [2.24, 2.45) is 7.05 Å². The lowest BCUT2D eigenvalue weighted by Crippen LogP contribution is -2.42. The average Bonchev–Trinajstić information content (AvgIpc) is 3.00. The van der Waals surface area contributed by atoms with Gasteiger partial charge < -0.3 is 4.74 Å². The summed E-state index contributed by atoms with van der Waals surface area (Å²) in [5.41, 5.74) is 0.382. The van der Waals surface area contributed by atoms with E-state index in [1.807, 2.05) is 0 Å². The lowest BCUT2D eigenvalue weighted by atomic mass is 10.2. The Balaban J connectivity index is 1.94. The molecule has 0 spiro atoms. The zero-order chi connectivity index (χ0) is 18.2. The monoisotopic (exact) mass is 368 g/mol. The molecule has 1 atom stereocenters. The third kappa shape index (κ3) is 3.26. The molecule has 0 N–H and O–H groups in total. The Morgan fingerprint density at radius 1 is 1.36 bits per heavy atom. The standard InChI is InChI=1S/C15H14F2N4O3S/c1-20-8-11(7-19-20)14-9-21(2-3-24-14)25(22,23)15-12(16)4-10(6-18)5-13(15)17/h4-5,7-8,14H,2-3,9H2,1H3/t14-/m1/s1. The number of benzene rings is 1. The smallest absolute Gasteiger partial charge is 0.249 e. The Bertz CT molecular complexity index is 929. The summed E-state index contributed by atoms with van der Waals surface area (Å²) < 4.78 is 61.7. The number of halogens is 2. The highest BCUT2D eigenvalue weighted by Gasteiger charge is 2.35. The van der Waals surface area contributed by atoms with Crippen LogP contribution in [0.4, 0.5) is 8.78 Å². The van der Waals surface area contributed by atoms with Crippen molar-refractivity contribution >= 4 is 10.0 Å². The highest BCUT2D eigenvalue weighted by molar-refractivity contribution is 7.89. The number of nitriles is 1. The van der Waals surface area contributed by atoms with E-state index in [0.29, 0.717) is 17.7 Å². The molecule has 0 amide bonds. The van der Waals surface area contributed by atoms with E-state index in [0.717, 1.165) is 4.31 Å². The summed E-state index contributed by atoms with van der Waals surface area (Å²) in [5, 5.41) is 12.7. The molecule has 0 radical (unpaired) electrons. The number of aryl methyl sites for hydroxylation is 1. The van der Waals surface area contributed by atoms with Crippen LogP contribution in [-0.4, -0.2) is 42.2 Å². The SMILES string of the molecule is Cn1cc([C@H]2CN(S(=O)(=O)c3c(F)cc(C#N)cc3F)CCO2)cn1. The Morgan fingerprint density at radius 3 is 2.60 bits per heavy atom. The summed E-state index contributed by atoms with van der Waals surface area (Å²) in [6.07, 6.45) is 2.65. The van der Waals surface area contributed by atoms with Crippen LogP contribution in [-0.2, 0) is 21.8 Å². The summed E-state index contributed by atoms with van der Waals surface area (Å²) in [5.74, 6) is -2.58. The fourth-order valence-electron chi connectivity index (χ4n) is 2.65. The van der Waals surface area contributed by atoms with Gasteiger partial charge in [-0.05, 0) is 12.1 Å². The minimum absolute atomic E-state index is 0.0298. The molecule has 0 unspecified atom stereocenters. The molecule has 7 nitrogen and oxygen atoms in total. The van der Waals surface area contributed by atoms with Gasteiger partial charge in [0.15, 0.2) is 4.90 Å². The van der Waals surface area contributed by atoms with Crippen LogP contribution in [0.1, 0.15) is 17.2 Å². The molecule has 0 aliphatic carbocycles. The van der Waals surface area contributed by atoms with E-state index in [1.54, 1.807) is 30.2 Å². The Labute approximate surface area is 143 Å². The minimum Gasteiger partial charge on any atom is -0.371 e. The van der Waals surface area contributed by atoms with E-state index in [1.165, 1.54) is 0 Å². The zero-order valence-electron chi connectivity index (χ0n) is 13.2. The first-order valence-electron chi connectivity index (χ1n) is 7.32. The maximum Gasteiger partial charge on any atom is 0.249 e. The normalized spacial score (nSPS) is 18.9. The largest absolute Gasteiger partial charge is 0.371 e. The van der Waals surface area contributed by atoms with Crippen molar-refractivity contribution in [1.82, 2.24) is 14.1 Å². The molecule has 3 rings (SSSR count). The topological polar surface area (TPSA) is 88.2 Å². The molecule has 132 valence electrons. The maximum atomic E-state index is 14.1. The Kier molecular flexibility index (Phi) is 4.55. The maximum absolute atomic E-state index is 14.1. The minimum atomic E-state index is -4.42. The summed E-state index contributed by atoms with van der Waals surface area (Å²) in [7, 11) is -2.71. The molecular weight excluding hydrogens is 354 g/mol. The van der Waals surface area contributed by atoms with E-state index in [-0.39, 0.29) is 25.3 Å². The van der Waals surface area contributed by atoms with Crippen molar-refractivity contribution in [2.75, 3.05) is 19.7 Å². The lowest BCUT2D eigenvalue weighted by Gasteiger charge is -2.31. The van der Waals surface area contributed by atoms with Gasteiger partial charge >= 0.3 is 0 Å². The van der Waals surface area contributed by atoms with E-state index in [2.05, 4.69) is 5.10 Å². The highest BCUT2D eigenvalue weighted by Crippen LogP contribution is 2.29. The first kappa shape index (κ1) is 17.5. The van der Waals surface area contributed by atoms with Crippen LogP contribution in [0.25, 0.3) is 0 Å². The molecule has 10 heteroatoms. The number of ether oxygens (including phenoxy) is 1. The molecule has 1 aliphatic heterocycles. The van der Waals surface area contributed by atoms with Gasteiger partial charge in [0.05, 0.1) is 30.5 Å². The Morgan fingerprint density at radius 2 is 2.04 bits per heavy atom. The third-order valence-electron chi connectivity index (χ3n) is 3.85. The van der Waals surface area contributed by atoms with Gasteiger partial charge in [-0.2, -0.15) is 14.7 Å². The number of aromatic nitrogens is 2. The fraction of sp³-hybridized carbons (Fsp3) is 0.333. The van der Waals surface area contributed by atoms with Crippen LogP contribution in [0.3, 0.4) is 0 Å². The van der Waals surface area contributed by atoms with E-state index >= 15 is 0 Å². The molecule has 1 saturated heterocycles. The van der Waals surface area contributed by atoms with E-state index < -0.39 is 32.7 Å². The summed E-state index contributed by atoms with van der Waals surface area (Å²) in [6, 6.07) is 2.99. The van der Waals surface area contributed by atoms with Crippen LogP contribution < -0.4 is 0 Å². The highest BCUT2D eigenvalue weighted by atomic mass is 32.2. The molecule has 0 bridgehead atoms. The predicted molar refractivity (Wildman–Crippen MR) is 81.7 cm³/mol. The van der Waals surface area contributed by atoms with Crippen LogP contribution in [0.2, 0.25) is 0 Å². The van der Waals surface area contributed by atoms with Gasteiger partial charge in [-0.3, -0.25) is 4.68 Å². The number of morpholine rings is 1. The van der Waals surface area contributed by atoms with Gasteiger partial charge in [0.25, 0.3) is 0 Å². The lowest BCUT2D eigenvalue weighted by molar-refractivity contribution is -0.00271. The van der Waals surface area contributed by atoms with Crippen molar-refractivity contribution in [2.45, 2.75) is 11.0 Å². The van der Waals surface area contributed by atoms with Gasteiger partial charge in [0, 0.05) is 31.9 Å². The zero-order valence-corrected chi connectivity index (χ0v) is 14.0. The summed E-state index contributed by atoms with van der Waals surface area (Å²) in [4.78, 5) is -1.06. The van der Waals surface area contributed by atoms with E-state index in [9.17, 15) is 17.2 Å². The number of rotatable bonds is 3. The number of nitrogens with zero attached hydrogens (tertiary/aromatic N) is 4.